The number of benzene rings is 2. The van der Waals surface area contributed by atoms with E-state index in [0.717, 1.165) is 9.45 Å². The maximum absolute atomic E-state index is 12.8. The Kier molecular flexibility index (Phi) is 7.87. The van der Waals surface area contributed by atoms with Gasteiger partial charge in [0.05, 0.1) is 0 Å². The number of halogens is 1. The van der Waals surface area contributed by atoms with Crippen molar-refractivity contribution in [1.82, 2.24) is 0 Å². The van der Waals surface area contributed by atoms with Crippen LogP contribution < -0.4 is 12.4 Å². The molecule has 0 N–H and O–H groups in total. The summed E-state index contributed by atoms with van der Waals surface area (Å²) < 4.78 is 12.8. The average molecular weight is 461 g/mol. The Morgan fingerprint density at radius 2 is 1.13 bits per heavy atom. The summed E-state index contributed by atoms with van der Waals surface area (Å²) in [5, 5.41) is 0. The van der Waals surface area contributed by atoms with Crippen LogP contribution in [0.5, 0.6) is 0 Å². The number of carbonyl (C=O) groups excluding carboxylic acids is 2. The predicted octanol–water partition coefficient (Wildman–Crippen LogP) is 2.80. The minimum Gasteiger partial charge on any atom is -1.00 e. The molecule has 156 valence electrons. The summed E-state index contributed by atoms with van der Waals surface area (Å²) in [5.74, 6) is -0.917. The van der Waals surface area contributed by atoms with E-state index in [-0.39, 0.29) is 17.8 Å². The van der Waals surface area contributed by atoms with Gasteiger partial charge >= 0.3 is 179 Å². The van der Waals surface area contributed by atoms with Crippen LogP contribution in [-0.4, -0.2) is 11.9 Å². The Hall–Kier alpha value is -2.14. The molecule has 4 nitrogen and oxygen atoms in total. The number of allylic oxidation sites excluding steroid dienone is 4. The summed E-state index contributed by atoms with van der Waals surface area (Å²) in [7, 11) is 0. The second-order valence-electron chi connectivity index (χ2n) is 7.67. The first kappa shape index (κ1) is 24.1. The van der Waals surface area contributed by atoms with Gasteiger partial charge in [0.2, 0.25) is 0 Å². The van der Waals surface area contributed by atoms with Crippen molar-refractivity contribution >= 4 is 11.9 Å². The molecule has 6 heteroatoms. The van der Waals surface area contributed by atoms with Crippen molar-refractivity contribution in [3.63, 3.8) is 0 Å². The van der Waals surface area contributed by atoms with Crippen LogP contribution in [0.4, 0.5) is 0 Å². The standard InChI is InChI=1S/C10H15.2C7H6O2.ClH.Ti/c1-7-6-10(4,5)9(3)8(7)2;2*8-7(9)6-4-2-1-3-5-6;;/h1-5H3;2*1-5H,(H,8,9);1H;/q;;;;+3/p-3. The van der Waals surface area contributed by atoms with Crippen LogP contribution in [-0.2, 0) is 25.3 Å². The Labute approximate surface area is 191 Å². The van der Waals surface area contributed by atoms with E-state index in [1.165, 1.54) is 11.1 Å². The summed E-state index contributed by atoms with van der Waals surface area (Å²) >= 11 is -3.21. The maximum Gasteiger partial charge on any atom is -1.00 e. The zero-order chi connectivity index (χ0) is 21.2. The third-order valence-corrected chi connectivity index (χ3v) is 9.01. The molecule has 30 heavy (non-hydrogen) atoms. The smallest absolute Gasteiger partial charge is 1.00 e. The Bertz CT molecular complexity index is 941. The fourth-order valence-corrected chi connectivity index (χ4v) is 6.70. The van der Waals surface area contributed by atoms with Crippen LogP contribution >= 0.6 is 0 Å². The molecule has 0 radical (unpaired) electrons. The quantitative estimate of drug-likeness (QED) is 0.644. The van der Waals surface area contributed by atoms with Gasteiger partial charge < -0.3 is 12.4 Å². The van der Waals surface area contributed by atoms with Gasteiger partial charge in [-0.05, 0) is 0 Å². The third kappa shape index (κ3) is 4.78. The molecule has 0 fully saturated rings. The molecule has 0 aromatic heterocycles. The minimum absolute atomic E-state index is 0. The van der Waals surface area contributed by atoms with Crippen LogP contribution in [0.1, 0.15) is 55.3 Å². The second-order valence-corrected chi connectivity index (χ2v) is 9.99. The van der Waals surface area contributed by atoms with E-state index in [1.54, 1.807) is 48.5 Å². The van der Waals surface area contributed by atoms with Gasteiger partial charge in [-0.2, -0.15) is 0 Å². The number of carbonyl (C=O) groups is 2. The molecular formula is C24H25ClO4Ti. The van der Waals surface area contributed by atoms with E-state index < -0.39 is 30.6 Å². The van der Waals surface area contributed by atoms with Crippen molar-refractivity contribution in [2.75, 3.05) is 0 Å². The molecule has 1 aliphatic carbocycles. The van der Waals surface area contributed by atoms with Gasteiger partial charge in [-0.15, -0.1) is 0 Å². The molecule has 1 aliphatic rings. The summed E-state index contributed by atoms with van der Waals surface area (Å²) in [6.07, 6.45) is 0. The molecule has 0 heterocycles. The number of rotatable bonds is 5. The molecular weight excluding hydrogens is 436 g/mol. The summed E-state index contributed by atoms with van der Waals surface area (Å²) in [5.41, 5.74) is 4.01. The van der Waals surface area contributed by atoms with Gasteiger partial charge in [0.1, 0.15) is 0 Å². The molecule has 0 spiro atoms. The molecule has 2 aromatic rings. The SMILES string of the molecule is CC1=C(C)C(C)(C)[C]([Ti+]([O]C(=O)c2ccccc2)[O]C(=O)c2ccccc2)=C1C.[Cl-]. The first-order valence-electron chi connectivity index (χ1n) is 9.55. The molecule has 0 atom stereocenters. The van der Waals surface area contributed by atoms with Crippen molar-refractivity contribution in [3.8, 4) is 0 Å². The van der Waals surface area contributed by atoms with Gasteiger partial charge in [-0.3, -0.25) is 0 Å². The zero-order valence-corrected chi connectivity index (χ0v) is 20.1. The van der Waals surface area contributed by atoms with E-state index in [0.29, 0.717) is 11.1 Å². The maximum atomic E-state index is 12.8. The van der Waals surface area contributed by atoms with E-state index in [2.05, 4.69) is 27.7 Å². The summed E-state index contributed by atoms with van der Waals surface area (Å²) in [6.45, 7) is 10.4. The Morgan fingerprint density at radius 1 is 0.733 bits per heavy atom. The molecule has 2 aromatic carbocycles. The average Bonchev–Trinajstić information content (AvgIpc) is 2.87. The second kappa shape index (κ2) is 9.78. The molecule has 0 aliphatic heterocycles. The number of hydrogen-bond acceptors (Lipinski definition) is 4. The van der Waals surface area contributed by atoms with Crippen molar-refractivity contribution < 1.29 is 47.3 Å². The number of hydrogen-bond donors (Lipinski definition) is 0. The van der Waals surface area contributed by atoms with Gasteiger partial charge in [-0.1, -0.05) is 0 Å². The van der Waals surface area contributed by atoms with E-state index >= 15 is 0 Å². The Morgan fingerprint density at radius 3 is 1.47 bits per heavy atom. The fourth-order valence-electron chi connectivity index (χ4n) is 3.56. The first-order chi connectivity index (χ1) is 13.7. The van der Waals surface area contributed by atoms with E-state index in [9.17, 15) is 9.59 Å². The minimum atomic E-state index is -3.21. The van der Waals surface area contributed by atoms with Crippen LogP contribution in [0.3, 0.4) is 0 Å². The van der Waals surface area contributed by atoms with E-state index in [4.69, 9.17) is 6.64 Å². The fraction of sp³-hybridized carbons (Fsp3) is 0.250. The van der Waals surface area contributed by atoms with E-state index in [1.807, 2.05) is 19.1 Å². The summed E-state index contributed by atoms with van der Waals surface area (Å²) in [4.78, 5) is 25.6. The van der Waals surface area contributed by atoms with Crippen molar-refractivity contribution in [1.29, 1.82) is 0 Å². The molecule has 3 rings (SSSR count). The van der Waals surface area contributed by atoms with Gasteiger partial charge in [0.25, 0.3) is 0 Å². The van der Waals surface area contributed by atoms with Crippen LogP contribution in [0.2, 0.25) is 0 Å². The predicted molar refractivity (Wildman–Crippen MR) is 109 cm³/mol. The molecule has 0 unspecified atom stereocenters. The molecule has 0 saturated carbocycles. The van der Waals surface area contributed by atoms with Crippen molar-refractivity contribution in [3.05, 3.63) is 92.4 Å². The third-order valence-electron chi connectivity index (χ3n) is 5.66. The first-order valence-corrected chi connectivity index (χ1v) is 11.6. The summed E-state index contributed by atoms with van der Waals surface area (Å²) in [6, 6.07) is 17.6. The van der Waals surface area contributed by atoms with Crippen molar-refractivity contribution in [2.45, 2.75) is 34.6 Å². The van der Waals surface area contributed by atoms with Gasteiger partial charge in [0, 0.05) is 0 Å². The monoisotopic (exact) mass is 460 g/mol. The van der Waals surface area contributed by atoms with Crippen LogP contribution in [0, 0.1) is 5.41 Å². The largest absolute Gasteiger partial charge is 1.00 e. The molecule has 0 saturated heterocycles. The molecule has 0 amide bonds. The topological polar surface area (TPSA) is 52.6 Å². The van der Waals surface area contributed by atoms with Crippen molar-refractivity contribution in [2.24, 2.45) is 5.41 Å². The van der Waals surface area contributed by atoms with Gasteiger partial charge in [0.15, 0.2) is 0 Å². The van der Waals surface area contributed by atoms with Gasteiger partial charge in [-0.25, -0.2) is 0 Å². The zero-order valence-electron chi connectivity index (χ0n) is 17.8. The van der Waals surface area contributed by atoms with Crippen LogP contribution in [0.15, 0.2) is 81.3 Å². The molecule has 0 bridgehead atoms. The van der Waals surface area contributed by atoms with Crippen LogP contribution in [0.25, 0.3) is 0 Å². The normalized spacial score (nSPS) is 14.8. The Balaban J connectivity index is 0.00000320.